The Balaban J connectivity index is 2.04. The van der Waals surface area contributed by atoms with E-state index in [1.165, 1.54) is 11.3 Å². The molecule has 1 fully saturated rings. The molecule has 0 spiro atoms. The van der Waals surface area contributed by atoms with Gasteiger partial charge in [-0.2, -0.15) is 0 Å². The van der Waals surface area contributed by atoms with Crippen LogP contribution in [0.3, 0.4) is 0 Å². The van der Waals surface area contributed by atoms with Gasteiger partial charge in [-0.3, -0.25) is 0 Å². The number of hydrogen-bond acceptors (Lipinski definition) is 5. The van der Waals surface area contributed by atoms with Gasteiger partial charge in [-0.25, -0.2) is 9.78 Å². The van der Waals surface area contributed by atoms with Gasteiger partial charge in [0.1, 0.15) is 0 Å². The highest BCUT2D eigenvalue weighted by Crippen LogP contribution is 2.27. The maximum atomic E-state index is 11.5. The van der Waals surface area contributed by atoms with Gasteiger partial charge in [0, 0.05) is 17.8 Å². The topological polar surface area (TPSA) is 42.4 Å². The summed E-state index contributed by atoms with van der Waals surface area (Å²) in [4.78, 5) is 18.1. The third-order valence-corrected chi connectivity index (χ3v) is 3.62. The number of carbonyl (C=O) groups is 1. The molecule has 88 valence electrons. The van der Waals surface area contributed by atoms with Gasteiger partial charge in [-0.15, -0.1) is 11.3 Å². The second-order valence-corrected chi connectivity index (χ2v) is 4.90. The number of hydrogen-bond donors (Lipinski definition) is 0. The minimum Gasteiger partial charge on any atom is -0.461 e. The van der Waals surface area contributed by atoms with Gasteiger partial charge in [0.15, 0.2) is 0 Å². The number of ether oxygens (including phenoxy) is 1. The Labute approximate surface area is 99.2 Å². The van der Waals surface area contributed by atoms with Gasteiger partial charge in [0.05, 0.1) is 12.3 Å². The van der Waals surface area contributed by atoms with Crippen LogP contribution < -0.4 is 0 Å². The lowest BCUT2D eigenvalue weighted by molar-refractivity contribution is 0.0525. The van der Waals surface area contributed by atoms with Crippen LogP contribution in [0, 0.1) is 0 Å². The number of rotatable bonds is 3. The lowest BCUT2D eigenvalue weighted by Gasteiger charge is -2.06. The highest BCUT2D eigenvalue weighted by Gasteiger charge is 2.24. The second-order valence-electron chi connectivity index (χ2n) is 4.05. The van der Waals surface area contributed by atoms with E-state index >= 15 is 0 Å². The van der Waals surface area contributed by atoms with Crippen LogP contribution in [0.2, 0.25) is 0 Å². The molecule has 1 aliphatic heterocycles. The number of likely N-dealkylation sites (N-methyl/N-ethyl adjacent to an activating group) is 1. The van der Waals surface area contributed by atoms with Crippen molar-refractivity contribution in [2.24, 2.45) is 0 Å². The highest BCUT2D eigenvalue weighted by molar-refractivity contribution is 7.11. The largest absolute Gasteiger partial charge is 0.461 e. The minimum absolute atomic E-state index is 0.301. The van der Waals surface area contributed by atoms with E-state index in [0.717, 1.165) is 25.2 Å². The Morgan fingerprint density at radius 3 is 3.19 bits per heavy atom. The first-order valence-electron chi connectivity index (χ1n) is 5.51. The average molecular weight is 240 g/mol. The predicted octanol–water partition coefficient (Wildman–Crippen LogP) is 1.74. The highest BCUT2D eigenvalue weighted by atomic mass is 32.1. The molecular weight excluding hydrogens is 224 g/mol. The van der Waals surface area contributed by atoms with E-state index in [1.54, 1.807) is 6.92 Å². The van der Waals surface area contributed by atoms with Crippen molar-refractivity contribution in [3.8, 4) is 0 Å². The number of carbonyl (C=O) groups excluding carboxylic acids is 1. The van der Waals surface area contributed by atoms with E-state index in [4.69, 9.17) is 4.74 Å². The van der Waals surface area contributed by atoms with Crippen molar-refractivity contribution in [1.82, 2.24) is 9.88 Å². The van der Waals surface area contributed by atoms with Gasteiger partial charge < -0.3 is 9.64 Å². The maximum Gasteiger partial charge on any atom is 0.367 e. The van der Waals surface area contributed by atoms with Crippen molar-refractivity contribution in [1.29, 1.82) is 0 Å². The summed E-state index contributed by atoms with van der Waals surface area (Å²) in [6.07, 6.45) is 1.13. The van der Waals surface area contributed by atoms with Crippen LogP contribution in [0.5, 0.6) is 0 Å². The second kappa shape index (κ2) is 4.93. The summed E-state index contributed by atoms with van der Waals surface area (Å²) in [7, 11) is 2.11. The van der Waals surface area contributed by atoms with E-state index < -0.39 is 0 Å². The van der Waals surface area contributed by atoms with Gasteiger partial charge >= 0.3 is 5.97 Å². The molecule has 0 saturated carbocycles. The molecule has 0 radical (unpaired) electrons. The van der Waals surface area contributed by atoms with Crippen LogP contribution in [0.15, 0.2) is 5.38 Å². The SMILES string of the molecule is CCOC(=O)c1nc(C2CCN(C)C2)cs1. The van der Waals surface area contributed by atoms with Gasteiger partial charge in [-0.1, -0.05) is 0 Å². The number of likely N-dealkylation sites (tertiary alicyclic amines) is 1. The van der Waals surface area contributed by atoms with Crippen LogP contribution >= 0.6 is 11.3 Å². The van der Waals surface area contributed by atoms with Crippen molar-refractivity contribution >= 4 is 17.3 Å². The van der Waals surface area contributed by atoms with Crippen LogP contribution in [-0.2, 0) is 4.74 Å². The van der Waals surface area contributed by atoms with Crippen LogP contribution in [0.4, 0.5) is 0 Å². The molecule has 2 heterocycles. The number of aromatic nitrogens is 1. The Morgan fingerprint density at radius 1 is 1.75 bits per heavy atom. The molecule has 1 atom stereocenters. The minimum atomic E-state index is -0.301. The van der Waals surface area contributed by atoms with Crippen molar-refractivity contribution in [3.05, 3.63) is 16.1 Å². The molecule has 1 aromatic heterocycles. The first-order valence-corrected chi connectivity index (χ1v) is 6.39. The third kappa shape index (κ3) is 2.41. The summed E-state index contributed by atoms with van der Waals surface area (Å²) in [5, 5.41) is 2.46. The molecular formula is C11H16N2O2S. The summed E-state index contributed by atoms with van der Waals surface area (Å²) in [6, 6.07) is 0. The molecule has 2 rings (SSSR count). The first kappa shape index (κ1) is 11.5. The number of thiazole rings is 1. The molecule has 16 heavy (non-hydrogen) atoms. The summed E-state index contributed by atoms with van der Waals surface area (Å²) in [5.74, 6) is 0.175. The maximum absolute atomic E-state index is 11.5. The Hall–Kier alpha value is -0.940. The first-order chi connectivity index (χ1) is 7.70. The summed E-state index contributed by atoms with van der Waals surface area (Å²) in [6.45, 7) is 4.35. The summed E-state index contributed by atoms with van der Waals surface area (Å²) < 4.78 is 4.92. The predicted molar refractivity (Wildman–Crippen MR) is 62.9 cm³/mol. The Morgan fingerprint density at radius 2 is 2.56 bits per heavy atom. The quantitative estimate of drug-likeness (QED) is 0.755. The van der Waals surface area contributed by atoms with Crippen molar-refractivity contribution in [2.75, 3.05) is 26.7 Å². The zero-order chi connectivity index (χ0) is 11.5. The molecule has 0 amide bonds. The molecule has 1 aliphatic rings. The molecule has 5 heteroatoms. The molecule has 1 aromatic rings. The fourth-order valence-electron chi connectivity index (χ4n) is 1.94. The summed E-state index contributed by atoms with van der Waals surface area (Å²) >= 11 is 1.38. The molecule has 1 unspecified atom stereocenters. The molecule has 1 saturated heterocycles. The van der Waals surface area contributed by atoms with E-state index in [1.807, 2.05) is 5.38 Å². The molecule has 0 bridgehead atoms. The smallest absolute Gasteiger partial charge is 0.367 e. The average Bonchev–Trinajstić information content (AvgIpc) is 2.85. The normalized spacial score (nSPS) is 21.2. The van der Waals surface area contributed by atoms with Gasteiger partial charge in [0.25, 0.3) is 0 Å². The van der Waals surface area contributed by atoms with E-state index in [2.05, 4.69) is 16.9 Å². The van der Waals surface area contributed by atoms with Crippen LogP contribution in [0.25, 0.3) is 0 Å². The number of nitrogens with zero attached hydrogens (tertiary/aromatic N) is 2. The molecule has 0 aromatic carbocycles. The monoisotopic (exact) mass is 240 g/mol. The molecule has 4 nitrogen and oxygen atoms in total. The van der Waals surface area contributed by atoms with Crippen LogP contribution in [-0.4, -0.2) is 42.6 Å². The lowest BCUT2D eigenvalue weighted by atomic mass is 10.1. The molecule has 0 aliphatic carbocycles. The van der Waals surface area contributed by atoms with E-state index in [-0.39, 0.29) is 5.97 Å². The van der Waals surface area contributed by atoms with Gasteiger partial charge in [-0.05, 0) is 26.9 Å². The Bertz CT molecular complexity index is 378. The molecule has 0 N–H and O–H groups in total. The zero-order valence-electron chi connectivity index (χ0n) is 9.60. The van der Waals surface area contributed by atoms with Crippen molar-refractivity contribution in [3.63, 3.8) is 0 Å². The van der Waals surface area contributed by atoms with E-state index in [9.17, 15) is 4.79 Å². The number of esters is 1. The van der Waals surface area contributed by atoms with Crippen molar-refractivity contribution < 1.29 is 9.53 Å². The van der Waals surface area contributed by atoms with Crippen LogP contribution in [0.1, 0.15) is 34.8 Å². The van der Waals surface area contributed by atoms with Crippen molar-refractivity contribution in [2.45, 2.75) is 19.3 Å². The van der Waals surface area contributed by atoms with E-state index in [0.29, 0.717) is 17.5 Å². The lowest BCUT2D eigenvalue weighted by Crippen LogP contribution is -2.13. The standard InChI is InChI=1S/C11H16N2O2S/c1-3-15-11(14)10-12-9(7-16-10)8-4-5-13(2)6-8/h7-8H,3-6H2,1-2H3. The van der Waals surface area contributed by atoms with Gasteiger partial charge in [0.2, 0.25) is 5.01 Å². The zero-order valence-corrected chi connectivity index (χ0v) is 10.4. The fraction of sp³-hybridized carbons (Fsp3) is 0.636. The fourth-order valence-corrected chi connectivity index (χ4v) is 2.73. The summed E-state index contributed by atoms with van der Waals surface area (Å²) in [5.41, 5.74) is 1.04. The Kier molecular flexibility index (Phi) is 3.56. The third-order valence-electron chi connectivity index (χ3n) is 2.78.